The first-order valence-corrected chi connectivity index (χ1v) is 8.78. The number of nitrogens with one attached hydrogen (secondary N) is 2. The first-order valence-electron chi connectivity index (χ1n) is 8.40. The summed E-state index contributed by atoms with van der Waals surface area (Å²) in [5.41, 5.74) is 2.21. The fourth-order valence-corrected chi connectivity index (χ4v) is 2.38. The van der Waals surface area contributed by atoms with Crippen LogP contribution >= 0.6 is 11.6 Å². The number of hydrogen-bond donors (Lipinski definition) is 2. The Morgan fingerprint density at radius 3 is 2.30 bits per heavy atom. The van der Waals surface area contributed by atoms with Gasteiger partial charge in [-0.25, -0.2) is 0 Å². The van der Waals surface area contributed by atoms with Crippen LogP contribution in [0.25, 0.3) is 0 Å². The van der Waals surface area contributed by atoms with Gasteiger partial charge in [-0.2, -0.15) is 0 Å². The van der Waals surface area contributed by atoms with E-state index in [1.165, 1.54) is 0 Å². The van der Waals surface area contributed by atoms with Crippen LogP contribution in [0.2, 0.25) is 5.02 Å². The van der Waals surface area contributed by atoms with E-state index in [9.17, 15) is 4.79 Å². The maximum atomic E-state index is 11.9. The number of nitrogens with zero attached hydrogens (tertiary/aromatic N) is 2. The molecule has 0 aliphatic carbocycles. The van der Waals surface area contributed by atoms with Crippen LogP contribution in [0.15, 0.2) is 60.7 Å². The van der Waals surface area contributed by atoms with Gasteiger partial charge in [0.05, 0.1) is 0 Å². The normalized spacial score (nSPS) is 10.3. The van der Waals surface area contributed by atoms with Crippen LogP contribution in [0, 0.1) is 6.92 Å². The molecule has 3 rings (SSSR count). The van der Waals surface area contributed by atoms with Crippen molar-refractivity contribution in [3.63, 3.8) is 0 Å². The highest BCUT2D eigenvalue weighted by molar-refractivity contribution is 6.30. The number of amides is 1. The molecule has 27 heavy (non-hydrogen) atoms. The summed E-state index contributed by atoms with van der Waals surface area (Å²) in [5.74, 6) is 1.32. The van der Waals surface area contributed by atoms with E-state index in [0.717, 1.165) is 11.1 Å². The second kappa shape index (κ2) is 9.00. The zero-order valence-corrected chi connectivity index (χ0v) is 15.5. The first kappa shape index (κ1) is 18.7. The Morgan fingerprint density at radius 1 is 0.963 bits per heavy atom. The highest BCUT2D eigenvalue weighted by atomic mass is 35.5. The third kappa shape index (κ3) is 5.97. The lowest BCUT2D eigenvalue weighted by Gasteiger charge is -2.08. The van der Waals surface area contributed by atoms with Crippen molar-refractivity contribution in [2.75, 3.05) is 17.2 Å². The molecule has 138 valence electrons. The zero-order chi connectivity index (χ0) is 19.1. The number of ether oxygens (including phenoxy) is 1. The van der Waals surface area contributed by atoms with Gasteiger partial charge in [0.25, 0.3) is 5.91 Å². The Hall–Kier alpha value is -3.12. The average Bonchev–Trinajstić information content (AvgIpc) is 2.68. The summed E-state index contributed by atoms with van der Waals surface area (Å²) >= 11 is 5.87. The van der Waals surface area contributed by atoms with Crippen molar-refractivity contribution in [1.82, 2.24) is 10.2 Å². The lowest BCUT2D eigenvalue weighted by atomic mass is 10.2. The average molecular weight is 383 g/mol. The number of anilines is 2. The predicted octanol–water partition coefficient (Wildman–Crippen LogP) is 4.07. The molecule has 2 N–H and O–H groups in total. The van der Waals surface area contributed by atoms with E-state index in [-0.39, 0.29) is 12.5 Å². The highest BCUT2D eigenvalue weighted by Gasteiger charge is 2.06. The van der Waals surface area contributed by atoms with Gasteiger partial charge in [0.15, 0.2) is 12.4 Å². The molecule has 0 spiro atoms. The van der Waals surface area contributed by atoms with Crippen molar-refractivity contribution in [3.05, 3.63) is 76.8 Å². The second-order valence-electron chi connectivity index (χ2n) is 5.93. The van der Waals surface area contributed by atoms with Crippen molar-refractivity contribution in [3.8, 4) is 5.75 Å². The Labute approximate surface area is 162 Å². The van der Waals surface area contributed by atoms with Crippen molar-refractivity contribution in [2.45, 2.75) is 13.5 Å². The summed E-state index contributed by atoms with van der Waals surface area (Å²) in [7, 11) is 0. The molecule has 0 aliphatic heterocycles. The Kier molecular flexibility index (Phi) is 6.22. The molecular formula is C20H19ClN4O2. The van der Waals surface area contributed by atoms with E-state index in [1.807, 2.05) is 55.5 Å². The zero-order valence-electron chi connectivity index (χ0n) is 14.8. The largest absolute Gasteiger partial charge is 0.484 e. The topological polar surface area (TPSA) is 76.1 Å². The van der Waals surface area contributed by atoms with Gasteiger partial charge < -0.3 is 15.4 Å². The van der Waals surface area contributed by atoms with Crippen LogP contribution in [0.1, 0.15) is 11.1 Å². The summed E-state index contributed by atoms with van der Waals surface area (Å²) in [5, 5.41) is 14.5. The summed E-state index contributed by atoms with van der Waals surface area (Å²) in [6.07, 6.45) is 0. The lowest BCUT2D eigenvalue weighted by Crippen LogP contribution is -2.21. The quantitative estimate of drug-likeness (QED) is 0.644. The van der Waals surface area contributed by atoms with Crippen LogP contribution in [0.4, 0.5) is 11.6 Å². The third-order valence-corrected chi connectivity index (χ3v) is 3.96. The predicted molar refractivity (Wildman–Crippen MR) is 106 cm³/mol. The Morgan fingerprint density at radius 2 is 1.63 bits per heavy atom. The maximum Gasteiger partial charge on any atom is 0.263 e. The molecule has 0 fully saturated rings. The minimum Gasteiger partial charge on any atom is -0.484 e. The Balaban J connectivity index is 1.45. The minimum atomic E-state index is -0.299. The van der Waals surface area contributed by atoms with Crippen molar-refractivity contribution < 1.29 is 9.53 Å². The number of hydrogen-bond acceptors (Lipinski definition) is 5. The summed E-state index contributed by atoms with van der Waals surface area (Å²) < 4.78 is 5.43. The summed E-state index contributed by atoms with van der Waals surface area (Å²) in [4.78, 5) is 11.9. The summed E-state index contributed by atoms with van der Waals surface area (Å²) in [6, 6.07) is 18.5. The fraction of sp³-hybridized carbons (Fsp3) is 0.150. The number of aromatic nitrogens is 2. The fourth-order valence-electron chi connectivity index (χ4n) is 2.25. The van der Waals surface area contributed by atoms with Gasteiger partial charge in [-0.1, -0.05) is 41.4 Å². The van der Waals surface area contributed by atoms with Crippen molar-refractivity contribution in [2.24, 2.45) is 0 Å². The molecular weight excluding hydrogens is 364 g/mol. The van der Waals surface area contributed by atoms with Gasteiger partial charge in [-0.3, -0.25) is 4.79 Å². The van der Waals surface area contributed by atoms with Crippen LogP contribution in [-0.4, -0.2) is 22.7 Å². The monoisotopic (exact) mass is 382 g/mol. The first-order chi connectivity index (χ1) is 13.1. The van der Waals surface area contributed by atoms with Crippen molar-refractivity contribution in [1.29, 1.82) is 0 Å². The number of halogens is 1. The Bertz CT molecular complexity index is 881. The van der Waals surface area contributed by atoms with E-state index in [4.69, 9.17) is 16.3 Å². The number of benzene rings is 2. The maximum absolute atomic E-state index is 11.9. The standard InChI is InChI=1S/C20H19ClN4O2/c1-14-2-8-17(9-3-14)27-13-20(26)23-19-11-10-18(24-25-19)22-12-15-4-6-16(21)7-5-15/h2-11H,12-13H2,1H3,(H,22,24)(H,23,25,26). The second-order valence-corrected chi connectivity index (χ2v) is 6.37. The molecule has 0 atom stereocenters. The SMILES string of the molecule is Cc1ccc(OCC(=O)Nc2ccc(NCc3ccc(Cl)cc3)nn2)cc1. The van der Waals surface area contributed by atoms with Gasteiger partial charge in [-0.15, -0.1) is 10.2 Å². The molecule has 3 aromatic rings. The lowest BCUT2D eigenvalue weighted by molar-refractivity contribution is -0.118. The van der Waals surface area contributed by atoms with Crippen LogP contribution in [0.3, 0.4) is 0 Å². The van der Waals surface area contributed by atoms with E-state index in [0.29, 0.717) is 29.0 Å². The summed E-state index contributed by atoms with van der Waals surface area (Å²) in [6.45, 7) is 2.49. The van der Waals surface area contributed by atoms with E-state index >= 15 is 0 Å². The molecule has 7 heteroatoms. The smallest absolute Gasteiger partial charge is 0.263 e. The molecule has 1 heterocycles. The number of rotatable bonds is 7. The number of carbonyl (C=O) groups excluding carboxylic acids is 1. The van der Waals surface area contributed by atoms with E-state index in [2.05, 4.69) is 20.8 Å². The van der Waals surface area contributed by atoms with Gasteiger partial charge in [0.1, 0.15) is 11.6 Å². The molecule has 6 nitrogen and oxygen atoms in total. The number of carbonyl (C=O) groups is 1. The molecule has 0 saturated heterocycles. The van der Waals surface area contributed by atoms with Crippen molar-refractivity contribution >= 4 is 29.1 Å². The van der Waals surface area contributed by atoms with Crippen LogP contribution in [-0.2, 0) is 11.3 Å². The van der Waals surface area contributed by atoms with Crippen LogP contribution in [0.5, 0.6) is 5.75 Å². The molecule has 2 aromatic carbocycles. The molecule has 0 bridgehead atoms. The van der Waals surface area contributed by atoms with Gasteiger partial charge in [-0.05, 0) is 48.9 Å². The highest BCUT2D eigenvalue weighted by Crippen LogP contribution is 2.13. The van der Waals surface area contributed by atoms with E-state index < -0.39 is 0 Å². The third-order valence-electron chi connectivity index (χ3n) is 3.71. The molecule has 0 saturated carbocycles. The molecule has 1 amide bonds. The number of aryl methyl sites for hydroxylation is 1. The molecule has 0 aliphatic rings. The van der Waals surface area contributed by atoms with Gasteiger partial charge in [0, 0.05) is 11.6 Å². The molecule has 0 radical (unpaired) electrons. The van der Waals surface area contributed by atoms with Gasteiger partial charge >= 0.3 is 0 Å². The molecule has 0 unspecified atom stereocenters. The van der Waals surface area contributed by atoms with E-state index in [1.54, 1.807) is 12.1 Å². The van der Waals surface area contributed by atoms with Gasteiger partial charge in [0.2, 0.25) is 0 Å². The molecule has 1 aromatic heterocycles. The van der Waals surface area contributed by atoms with Crippen LogP contribution < -0.4 is 15.4 Å². The minimum absolute atomic E-state index is 0.0959.